The lowest BCUT2D eigenvalue weighted by atomic mass is 10.0. The highest BCUT2D eigenvalue weighted by Gasteiger charge is 2.18. The summed E-state index contributed by atoms with van der Waals surface area (Å²) in [7, 11) is 0. The summed E-state index contributed by atoms with van der Waals surface area (Å²) in [6.07, 6.45) is 99.4. The van der Waals surface area contributed by atoms with Crippen LogP contribution in [0.4, 0.5) is 0 Å². The van der Waals surface area contributed by atoms with Crippen molar-refractivity contribution in [2.45, 2.75) is 437 Å². The van der Waals surface area contributed by atoms with Gasteiger partial charge < -0.3 is 20.3 Å². The lowest BCUT2D eigenvalue weighted by Crippen LogP contribution is -2.45. The van der Waals surface area contributed by atoms with Gasteiger partial charge in [-0.2, -0.15) is 0 Å². The van der Waals surface area contributed by atoms with Crippen LogP contribution in [0.1, 0.15) is 425 Å². The molecule has 0 aliphatic rings. The van der Waals surface area contributed by atoms with Crippen LogP contribution in [0.25, 0.3) is 0 Å². The molecule has 0 saturated heterocycles. The van der Waals surface area contributed by atoms with Crippen LogP contribution >= 0.6 is 0 Å². The summed E-state index contributed by atoms with van der Waals surface area (Å²) in [6, 6.07) is -0.626. The second-order valence-corrected chi connectivity index (χ2v) is 26.7. The predicted octanol–water partition coefficient (Wildman–Crippen LogP) is 25.6. The van der Waals surface area contributed by atoms with Gasteiger partial charge in [0.25, 0.3) is 0 Å². The van der Waals surface area contributed by atoms with Crippen LogP contribution in [0, 0.1) is 0 Å². The summed E-state index contributed by atoms with van der Waals surface area (Å²) in [5, 5.41) is 23.2. The van der Waals surface area contributed by atoms with Crippen LogP contribution in [0.15, 0.2) is 48.6 Å². The quantitative estimate of drug-likeness (QED) is 0.0320. The zero-order valence-electron chi connectivity index (χ0n) is 58.1. The van der Waals surface area contributed by atoms with Gasteiger partial charge in [-0.15, -0.1) is 0 Å². The molecule has 0 aromatic heterocycles. The Bertz CT molecular complexity index is 1440. The maximum absolute atomic E-state index is 12.5. The van der Waals surface area contributed by atoms with Crippen molar-refractivity contribution in [3.05, 3.63) is 48.6 Å². The Labute approximate surface area is 537 Å². The first-order chi connectivity index (χ1) is 42.5. The van der Waals surface area contributed by atoms with E-state index in [-0.39, 0.29) is 18.5 Å². The van der Waals surface area contributed by atoms with Crippen LogP contribution < -0.4 is 5.32 Å². The molecule has 0 aromatic rings. The highest BCUT2D eigenvalue weighted by atomic mass is 16.5. The van der Waals surface area contributed by atoms with E-state index >= 15 is 0 Å². The molecule has 86 heavy (non-hydrogen) atoms. The minimum Gasteiger partial charge on any atom is -0.466 e. The molecule has 0 saturated carbocycles. The molecule has 0 aliphatic carbocycles. The third kappa shape index (κ3) is 70.9. The molecular weight excluding hydrogens is 1050 g/mol. The molecule has 1 amide bonds. The number of rotatable bonds is 73. The van der Waals surface area contributed by atoms with Gasteiger partial charge in [0.2, 0.25) is 5.91 Å². The number of ether oxygens (including phenoxy) is 1. The lowest BCUT2D eigenvalue weighted by molar-refractivity contribution is -0.143. The average Bonchev–Trinajstić information content (AvgIpc) is 3.54. The first-order valence-corrected chi connectivity index (χ1v) is 38.9. The second kappa shape index (κ2) is 75.3. The smallest absolute Gasteiger partial charge is 0.305 e. The van der Waals surface area contributed by atoms with Crippen LogP contribution in [-0.2, 0) is 14.3 Å². The largest absolute Gasteiger partial charge is 0.466 e. The van der Waals surface area contributed by atoms with E-state index in [0.29, 0.717) is 19.4 Å². The number of aliphatic hydroxyl groups excluding tert-OH is 2. The number of nitrogens with one attached hydrogen (secondary N) is 1. The van der Waals surface area contributed by atoms with E-state index in [2.05, 4.69) is 55.6 Å². The van der Waals surface area contributed by atoms with E-state index in [1.165, 1.54) is 347 Å². The predicted molar refractivity (Wildman–Crippen MR) is 379 cm³/mol. The molecule has 0 rings (SSSR count). The third-order valence-corrected chi connectivity index (χ3v) is 18.1. The summed E-state index contributed by atoms with van der Waals surface area (Å²) in [5.74, 6) is -0.0543. The minimum absolute atomic E-state index is 0.00681. The summed E-state index contributed by atoms with van der Waals surface area (Å²) in [5.41, 5.74) is 0. The first-order valence-electron chi connectivity index (χ1n) is 38.9. The van der Waals surface area contributed by atoms with E-state index in [0.717, 1.165) is 51.4 Å². The van der Waals surface area contributed by atoms with E-state index in [9.17, 15) is 19.8 Å². The number of hydrogen-bond donors (Lipinski definition) is 3. The van der Waals surface area contributed by atoms with Crippen molar-refractivity contribution < 1.29 is 24.5 Å². The van der Waals surface area contributed by atoms with Gasteiger partial charge in [-0.25, -0.2) is 0 Å². The zero-order chi connectivity index (χ0) is 62.0. The Morgan fingerprint density at radius 1 is 0.326 bits per heavy atom. The Morgan fingerprint density at radius 3 is 0.907 bits per heavy atom. The molecule has 0 spiro atoms. The average molecular weight is 1210 g/mol. The fourth-order valence-corrected chi connectivity index (χ4v) is 12.1. The maximum atomic E-state index is 12.5. The van der Waals surface area contributed by atoms with Gasteiger partial charge in [-0.1, -0.05) is 371 Å². The SMILES string of the molecule is CCCCCC/C=C\C/C=C\CCCCCCCC(=O)OCCCCCCCCCCCCCCCC/C=C\CCCCCCCCCCCCCCCCCCCC(=O)NC(CO)C(O)/C=C/CCCCCCCCCCCCCCCCCC. The second-order valence-electron chi connectivity index (χ2n) is 26.7. The van der Waals surface area contributed by atoms with Gasteiger partial charge in [-0.05, 0) is 89.9 Å². The Hall–Kier alpha value is -2.18. The molecule has 6 heteroatoms. The number of esters is 1. The van der Waals surface area contributed by atoms with Crippen LogP contribution in [0.3, 0.4) is 0 Å². The molecule has 0 aliphatic heterocycles. The van der Waals surface area contributed by atoms with Crippen molar-refractivity contribution in [2.75, 3.05) is 13.2 Å². The van der Waals surface area contributed by atoms with E-state index in [1.54, 1.807) is 6.08 Å². The van der Waals surface area contributed by atoms with Gasteiger partial charge in [0.15, 0.2) is 0 Å². The lowest BCUT2D eigenvalue weighted by Gasteiger charge is -2.20. The van der Waals surface area contributed by atoms with Gasteiger partial charge in [-0.3, -0.25) is 9.59 Å². The van der Waals surface area contributed by atoms with Gasteiger partial charge in [0, 0.05) is 12.8 Å². The first kappa shape index (κ1) is 83.8. The van der Waals surface area contributed by atoms with E-state index in [4.69, 9.17) is 4.74 Å². The molecule has 0 fully saturated rings. The number of allylic oxidation sites excluding steroid dienone is 7. The number of amides is 1. The fraction of sp³-hybridized carbons (Fsp3) is 0.875. The summed E-state index contributed by atoms with van der Waals surface area (Å²) in [6.45, 7) is 4.92. The fourth-order valence-electron chi connectivity index (χ4n) is 12.1. The highest BCUT2D eigenvalue weighted by molar-refractivity contribution is 5.76. The standard InChI is InChI=1S/C80H151NO5/c1-3-5-7-9-11-13-15-17-19-21-41-44-48-52-56-60-64-68-72-78(83)77(76-82)81-79(84)73-69-65-61-57-53-49-45-42-39-37-35-33-31-29-27-25-23-22-24-26-28-30-32-34-36-38-40-43-47-51-55-59-63-67-71-75-86-80(85)74-70-66-62-58-54-50-46-20-18-16-14-12-10-8-6-4-2/h14,16,20,24,26,46,68,72,77-78,82-83H,3-13,15,17-19,21-23,25,27-45,47-67,69-71,73-76H2,1-2H3,(H,81,84)/b16-14-,26-24-,46-20-,72-68+. The van der Waals surface area contributed by atoms with Gasteiger partial charge in [0.1, 0.15) is 0 Å². The van der Waals surface area contributed by atoms with Crippen LogP contribution in [-0.4, -0.2) is 47.4 Å². The summed E-state index contributed by atoms with van der Waals surface area (Å²) < 4.78 is 5.50. The minimum atomic E-state index is -0.843. The molecule has 0 radical (unpaired) electrons. The normalized spacial score (nSPS) is 12.7. The van der Waals surface area contributed by atoms with Crippen molar-refractivity contribution in [3.8, 4) is 0 Å². The van der Waals surface area contributed by atoms with E-state index < -0.39 is 12.1 Å². The zero-order valence-corrected chi connectivity index (χ0v) is 58.1. The van der Waals surface area contributed by atoms with Gasteiger partial charge in [0.05, 0.1) is 25.4 Å². The molecule has 506 valence electrons. The van der Waals surface area contributed by atoms with Crippen molar-refractivity contribution in [2.24, 2.45) is 0 Å². The summed E-state index contributed by atoms with van der Waals surface area (Å²) in [4.78, 5) is 24.6. The van der Waals surface area contributed by atoms with Crippen molar-refractivity contribution >= 4 is 11.9 Å². The van der Waals surface area contributed by atoms with E-state index in [1.807, 2.05) is 6.08 Å². The number of carbonyl (C=O) groups is 2. The molecule has 0 aromatic carbocycles. The molecule has 3 N–H and O–H groups in total. The monoisotopic (exact) mass is 1210 g/mol. The number of carbonyl (C=O) groups excluding carboxylic acids is 2. The van der Waals surface area contributed by atoms with Crippen molar-refractivity contribution in [1.29, 1.82) is 0 Å². The Morgan fingerprint density at radius 2 is 0.581 bits per heavy atom. The number of unbranched alkanes of at least 4 members (excludes halogenated alkanes) is 56. The van der Waals surface area contributed by atoms with Crippen LogP contribution in [0.2, 0.25) is 0 Å². The Balaban J connectivity index is 3.36. The van der Waals surface area contributed by atoms with Crippen molar-refractivity contribution in [1.82, 2.24) is 5.32 Å². The molecular formula is C80H151NO5. The molecule has 6 nitrogen and oxygen atoms in total. The molecule has 2 atom stereocenters. The summed E-state index contributed by atoms with van der Waals surface area (Å²) >= 11 is 0. The third-order valence-electron chi connectivity index (χ3n) is 18.1. The molecule has 0 heterocycles. The maximum Gasteiger partial charge on any atom is 0.305 e. The van der Waals surface area contributed by atoms with Crippen molar-refractivity contribution in [3.63, 3.8) is 0 Å². The number of hydrogen-bond acceptors (Lipinski definition) is 5. The Kier molecular flexibility index (Phi) is 73.4. The topological polar surface area (TPSA) is 95.9 Å². The number of aliphatic hydroxyl groups is 2. The molecule has 2 unspecified atom stereocenters. The molecule has 0 bridgehead atoms. The van der Waals surface area contributed by atoms with Crippen LogP contribution in [0.5, 0.6) is 0 Å². The van der Waals surface area contributed by atoms with Gasteiger partial charge >= 0.3 is 5.97 Å². The highest BCUT2D eigenvalue weighted by Crippen LogP contribution is 2.19.